The Kier molecular flexibility index (Phi) is 34.5. The molecule has 0 saturated carbocycles. The highest BCUT2D eigenvalue weighted by Gasteiger charge is 2.32. The van der Waals surface area contributed by atoms with Crippen molar-refractivity contribution in [3.05, 3.63) is 117 Å². The number of thiazole rings is 1. The summed E-state index contributed by atoms with van der Waals surface area (Å²) >= 11 is 17.2. The molecule has 4 unspecified atom stereocenters. The lowest BCUT2D eigenvalue weighted by Crippen LogP contribution is -2.28. The minimum atomic E-state index is -0.745. The number of ketones is 3. The zero-order valence-electron chi connectivity index (χ0n) is 68.5. The van der Waals surface area contributed by atoms with E-state index < -0.39 is 37.4 Å². The molecule has 0 fully saturated rings. The van der Waals surface area contributed by atoms with Gasteiger partial charge in [-0.2, -0.15) is 29.6 Å². The quantitative estimate of drug-likeness (QED) is 0.0347. The number of esters is 4. The molecule has 16 rings (SSSR count). The van der Waals surface area contributed by atoms with E-state index in [1.165, 1.54) is 74.1 Å². The number of aromatic nitrogens is 26. The number of aliphatic hydroxyl groups excluding tert-OH is 3. The van der Waals surface area contributed by atoms with E-state index in [4.69, 9.17) is 41.4 Å². The van der Waals surface area contributed by atoms with Crippen LogP contribution in [0.25, 0.3) is 38.0 Å². The van der Waals surface area contributed by atoms with Gasteiger partial charge in [0.15, 0.2) is 10.7 Å². The molecule has 4 atom stereocenters. The van der Waals surface area contributed by atoms with Gasteiger partial charge in [-0.1, -0.05) is 18.3 Å². The summed E-state index contributed by atoms with van der Waals surface area (Å²) in [5.74, 6) is 1.53. The average molecular weight is 2020 g/mol. The molecule has 44 nitrogen and oxygen atoms in total. The summed E-state index contributed by atoms with van der Waals surface area (Å²) in [6.45, 7) is 12.6. The normalized spacial score (nSPS) is 15.2. The molecule has 0 aromatic carbocycles. The Morgan fingerprint density at radius 1 is 0.561 bits per heavy atom. The number of Topliss-reactive ketones (excluding diaryl/α,β-unsaturated/α-hetero) is 3. The van der Waals surface area contributed by atoms with Gasteiger partial charge < -0.3 is 50.8 Å². The third-order valence-corrected chi connectivity index (χ3v) is 22.9. The number of rotatable bonds is 16. The molecule has 12 aromatic heterocycles. The number of carbonyl (C=O) groups is 8. The Morgan fingerprint density at radius 3 is 1.48 bits per heavy atom. The highest BCUT2D eigenvalue weighted by Crippen LogP contribution is 2.35. The van der Waals surface area contributed by atoms with Crippen LogP contribution >= 0.6 is 97.9 Å². The molecule has 0 aliphatic carbocycles. The van der Waals surface area contributed by atoms with Crippen molar-refractivity contribution in [1.82, 2.24) is 128 Å². The summed E-state index contributed by atoms with van der Waals surface area (Å²) in [5, 5.41) is 79.1. The Hall–Kier alpha value is -10.7. The van der Waals surface area contributed by atoms with Crippen LogP contribution in [0.2, 0.25) is 0 Å². The van der Waals surface area contributed by atoms with Gasteiger partial charge in [0.1, 0.15) is 81.6 Å². The number of hydrogen-bond acceptors (Lipinski definition) is 38. The van der Waals surface area contributed by atoms with Crippen LogP contribution in [0.15, 0.2) is 54.9 Å². The summed E-state index contributed by atoms with van der Waals surface area (Å²) in [6.07, 6.45) is 13.1. The maximum atomic E-state index is 11.8. The first-order valence-corrected chi connectivity index (χ1v) is 43.1. The molecule has 123 heavy (non-hydrogen) atoms. The van der Waals surface area contributed by atoms with E-state index >= 15 is 0 Å². The molecule has 0 spiro atoms. The highest BCUT2D eigenvalue weighted by molar-refractivity contribution is 9.11. The molecule has 8 N–H and O–H groups in total. The second-order valence-corrected chi connectivity index (χ2v) is 34.6. The van der Waals surface area contributed by atoms with Gasteiger partial charge in [-0.05, 0) is 160 Å². The Morgan fingerprint density at radius 2 is 1.02 bits per heavy atom. The predicted octanol–water partition coefficient (Wildman–Crippen LogP) is 6.38. The van der Waals surface area contributed by atoms with Crippen LogP contribution < -0.4 is 11.5 Å². The zero-order chi connectivity index (χ0) is 89.8. The second-order valence-electron chi connectivity index (χ2n) is 28.1. The monoisotopic (exact) mass is 2010 g/mol. The van der Waals surface area contributed by atoms with Crippen molar-refractivity contribution in [1.29, 1.82) is 0 Å². The van der Waals surface area contributed by atoms with Gasteiger partial charge in [-0.15, -0.1) is 47.0 Å². The fourth-order valence-corrected chi connectivity index (χ4v) is 16.9. The molecule has 0 saturated heterocycles. The maximum absolute atomic E-state index is 11.8. The predicted molar refractivity (Wildman–Crippen MR) is 455 cm³/mol. The number of nitrogens with two attached hydrogens (primary N) is 2. The molecule has 4 aliphatic heterocycles. The summed E-state index contributed by atoms with van der Waals surface area (Å²) in [7, 11) is 9.12. The SMILES string of the molecule is CC(C)(C)OC(=O)CC1CCn2nc(Br)nc2C1.CCc1nnc(-c2cnn(C)c2C(=O)CO)s1.COC(=O)C1CCn2nc(Br)nc2C1.COC(=O)C1CCn2nc(N)nc2C1.COC(=O)c1ccn2nc(N)nc2c1.Cc1nc(-c2cnn(C)c2C(=O)CO)c(Br)s1.Cc1nsc(-c2cnn(C)c2C(=O)CO)n1.O=C(O)C1CCn2nc(Br)nc2C1. The van der Waals surface area contributed by atoms with Crippen molar-refractivity contribution in [2.75, 3.05) is 52.6 Å². The summed E-state index contributed by atoms with van der Waals surface area (Å²) in [6, 6.07) is 3.15. The molecule has 0 bridgehead atoms. The van der Waals surface area contributed by atoms with Crippen molar-refractivity contribution >= 4 is 163 Å². The number of aliphatic hydroxyl groups is 3. The van der Waals surface area contributed by atoms with E-state index in [0.29, 0.717) is 132 Å². The number of carboxylic acids is 1. The van der Waals surface area contributed by atoms with E-state index in [1.54, 1.807) is 74.4 Å². The van der Waals surface area contributed by atoms with E-state index in [0.717, 1.165) is 82.3 Å². The van der Waals surface area contributed by atoms with Crippen molar-refractivity contribution in [2.24, 2.45) is 44.8 Å². The number of fused-ring (bicyclic) bond motifs is 5. The first kappa shape index (κ1) is 96.1. The van der Waals surface area contributed by atoms with Crippen molar-refractivity contribution in [3.63, 3.8) is 0 Å². The molecular formula is C72H88Br4N28O16S3. The number of nitrogens with zero attached hydrogens (tertiary/aromatic N) is 26. The number of aryl methyl sites for hydroxylation is 10. The van der Waals surface area contributed by atoms with Crippen LogP contribution in [0.3, 0.4) is 0 Å². The Labute approximate surface area is 746 Å². The lowest BCUT2D eigenvalue weighted by Gasteiger charge is -2.24. The fraction of sp³-hybridized carbons (Fsp3) is 0.472. The lowest BCUT2D eigenvalue weighted by molar-refractivity contribution is -0.156. The first-order valence-electron chi connectivity index (χ1n) is 37.5. The van der Waals surface area contributed by atoms with Gasteiger partial charge in [0.25, 0.3) is 0 Å². The number of carbonyl (C=O) groups excluding carboxylic acids is 7. The number of halogens is 4. The number of ether oxygens (including phenoxy) is 4. The van der Waals surface area contributed by atoms with Gasteiger partial charge in [0.2, 0.25) is 43.4 Å². The number of methoxy groups -OCH3 is 3. The van der Waals surface area contributed by atoms with E-state index in [1.807, 2.05) is 44.0 Å². The third kappa shape index (κ3) is 26.0. The van der Waals surface area contributed by atoms with Crippen LogP contribution in [-0.4, -0.2) is 242 Å². The average Bonchev–Trinajstić information content (AvgIpc) is 1.65. The second kappa shape index (κ2) is 44.1. The van der Waals surface area contributed by atoms with Gasteiger partial charge in [0, 0.05) is 85.6 Å². The first-order chi connectivity index (χ1) is 58.4. The standard InChI is InChI=1S/C12H18BrN3O2.C10H10BrN3O2S.C10H12N4O2S.C9H10N4O2S.C8H10BrN3O2.C8H12N4O2.C8H8N4O2.C7H8BrN3O2/c1-12(2,3)18-10(17)7-8-4-5-16-9(6-8)14-11(13)15-16;1-5-13-8(10(11)17-5)6-3-12-14(2)9(6)7(16)4-15;1-3-8-12-13-10(17-8)6-4-11-14(2)9(6)7(16)5-15;1-5-11-9(16-12-5)6-3-10-13(2)8(6)7(15)4-14;3*1-14-7(13)5-2-3-12-6(4-5)10-8(9)11-12;8-7-9-5-3-4(6(12)13)1-2-11(5)10-7/h8H,4-7H2,1-3H3;3,15H,4H2,1-2H3;4,15H,3,5H2,1-2H3;3,14H,4H2,1-2H3;5H,2-4H2,1H3;5H,2-4H2,1H3,(H2,9,11);2-4H,1H3,(H2,9,11);4H,1-3H2,(H,12,13). The summed E-state index contributed by atoms with van der Waals surface area (Å²) in [4.78, 5) is 120. The summed E-state index contributed by atoms with van der Waals surface area (Å²) in [5.41, 5.74) is 15.1. The van der Waals surface area contributed by atoms with Crippen molar-refractivity contribution in [2.45, 2.75) is 138 Å². The van der Waals surface area contributed by atoms with Crippen LogP contribution in [0.5, 0.6) is 0 Å². The molecule has 0 amide bonds. The van der Waals surface area contributed by atoms with Crippen LogP contribution in [0, 0.1) is 37.5 Å². The van der Waals surface area contributed by atoms with E-state index in [9.17, 15) is 38.4 Å². The van der Waals surface area contributed by atoms with Gasteiger partial charge >= 0.3 is 29.8 Å². The minimum Gasteiger partial charge on any atom is -0.481 e. The molecule has 51 heteroatoms. The van der Waals surface area contributed by atoms with Gasteiger partial charge in [-0.25, -0.2) is 53.0 Å². The van der Waals surface area contributed by atoms with E-state index in [-0.39, 0.29) is 64.9 Å². The lowest BCUT2D eigenvalue weighted by atomic mass is 9.94. The molecule has 658 valence electrons. The van der Waals surface area contributed by atoms with Crippen molar-refractivity contribution in [3.8, 4) is 32.4 Å². The number of pyridine rings is 1. The highest BCUT2D eigenvalue weighted by atomic mass is 79.9. The largest absolute Gasteiger partial charge is 0.481 e. The number of carboxylic acid groups (broad SMARTS) is 1. The fourth-order valence-electron chi connectivity index (χ4n) is 12.6. The molecule has 12 aromatic rings. The number of nitrogen functional groups attached to an aromatic ring is 2. The molecule has 4 aliphatic rings. The third-order valence-electron chi connectivity index (χ3n) is 18.3. The Bertz CT molecular complexity index is 5640. The molecule has 16 heterocycles. The number of aliphatic carboxylic acids is 1. The number of anilines is 2. The Balaban J connectivity index is 0.000000160. The van der Waals surface area contributed by atoms with Crippen molar-refractivity contribution < 1.29 is 77.7 Å². The number of hydrogen-bond donors (Lipinski definition) is 6. The van der Waals surface area contributed by atoms with E-state index in [2.05, 4.69) is 163 Å². The topological polar surface area (TPSA) is 577 Å². The maximum Gasteiger partial charge on any atom is 0.338 e. The minimum absolute atomic E-state index is 0.0661. The van der Waals surface area contributed by atoms with Gasteiger partial charge in [0.05, 0.1) is 94.4 Å². The smallest absolute Gasteiger partial charge is 0.338 e. The van der Waals surface area contributed by atoms with Crippen LogP contribution in [0.4, 0.5) is 11.9 Å². The van der Waals surface area contributed by atoms with Gasteiger partial charge in [-0.3, -0.25) is 47.6 Å². The summed E-state index contributed by atoms with van der Waals surface area (Å²) < 4.78 is 39.0. The van der Waals surface area contributed by atoms with Crippen LogP contribution in [-0.2, 0) is 118 Å². The van der Waals surface area contributed by atoms with Crippen LogP contribution in [0.1, 0.15) is 141 Å². The molecular weight excluding hydrogens is 1930 g/mol. The zero-order valence-corrected chi connectivity index (χ0v) is 77.3. The molecule has 0 radical (unpaired) electrons.